The van der Waals surface area contributed by atoms with Crippen LogP contribution in [0.2, 0.25) is 0 Å². The van der Waals surface area contributed by atoms with Gasteiger partial charge in [0.05, 0.1) is 5.69 Å². The number of aromatic nitrogens is 1. The van der Waals surface area contributed by atoms with E-state index in [1.165, 1.54) is 21.6 Å². The van der Waals surface area contributed by atoms with Gasteiger partial charge in [0.15, 0.2) is 5.13 Å². The first-order valence-electron chi connectivity index (χ1n) is 7.20. The Balaban J connectivity index is 1.94. The number of aryl methyl sites for hydroxylation is 3. The third-order valence-corrected chi connectivity index (χ3v) is 4.46. The second-order valence-corrected chi connectivity index (χ2v) is 6.70. The number of nitrogens with one attached hydrogen (secondary N) is 1. The van der Waals surface area contributed by atoms with Crippen molar-refractivity contribution >= 4 is 27.8 Å². The van der Waals surface area contributed by atoms with E-state index < -0.39 is 0 Å². The second-order valence-electron chi connectivity index (χ2n) is 5.49. The lowest BCUT2D eigenvalue weighted by Gasteiger charge is -2.05. The van der Waals surface area contributed by atoms with E-state index in [4.69, 9.17) is 10.7 Å². The number of anilines is 3. The number of hydrogen-bond acceptors (Lipinski definition) is 4. The van der Waals surface area contributed by atoms with Crippen LogP contribution >= 0.6 is 11.3 Å². The molecule has 0 atom stereocenters. The highest BCUT2D eigenvalue weighted by Crippen LogP contribution is 2.34. The fourth-order valence-electron chi connectivity index (χ4n) is 2.52. The summed E-state index contributed by atoms with van der Waals surface area (Å²) in [5, 5.41) is 4.22. The molecule has 0 amide bonds. The number of thiazole rings is 1. The van der Waals surface area contributed by atoms with Crippen LogP contribution in [0.15, 0.2) is 42.5 Å². The van der Waals surface area contributed by atoms with Gasteiger partial charge in [-0.15, -0.1) is 11.3 Å². The maximum atomic E-state index is 5.82. The van der Waals surface area contributed by atoms with Crippen molar-refractivity contribution in [2.45, 2.75) is 20.8 Å². The normalized spacial score (nSPS) is 10.7. The van der Waals surface area contributed by atoms with E-state index >= 15 is 0 Å². The quantitative estimate of drug-likeness (QED) is 0.665. The molecular formula is C18H19N3S. The van der Waals surface area contributed by atoms with Crippen LogP contribution in [0.5, 0.6) is 0 Å². The highest BCUT2D eigenvalue weighted by Gasteiger charge is 2.12. The summed E-state index contributed by atoms with van der Waals surface area (Å²) in [4.78, 5) is 5.97. The first-order chi connectivity index (χ1) is 10.5. The standard InChI is InChI=1S/C18H19N3S/c1-11-7-8-16(12(2)9-11)17-13(3)22-18(21-17)20-15-6-4-5-14(19)10-15/h4-10H,19H2,1-3H3,(H,20,21). The Kier molecular flexibility index (Phi) is 3.86. The molecular weight excluding hydrogens is 290 g/mol. The fourth-order valence-corrected chi connectivity index (χ4v) is 3.37. The molecule has 0 bridgehead atoms. The third kappa shape index (κ3) is 2.97. The summed E-state index contributed by atoms with van der Waals surface area (Å²) >= 11 is 1.66. The predicted molar refractivity (Wildman–Crippen MR) is 95.9 cm³/mol. The van der Waals surface area contributed by atoms with Gasteiger partial charge in [-0.25, -0.2) is 4.98 Å². The van der Waals surface area contributed by atoms with Crippen molar-refractivity contribution in [3.8, 4) is 11.3 Å². The van der Waals surface area contributed by atoms with Crippen LogP contribution in [-0.4, -0.2) is 4.98 Å². The summed E-state index contributed by atoms with van der Waals surface area (Å²) in [6.45, 7) is 6.35. The largest absolute Gasteiger partial charge is 0.399 e. The molecule has 0 fully saturated rings. The van der Waals surface area contributed by atoms with Crippen molar-refractivity contribution in [3.05, 3.63) is 58.5 Å². The minimum atomic E-state index is 0.743. The molecule has 22 heavy (non-hydrogen) atoms. The fraction of sp³-hybridized carbons (Fsp3) is 0.167. The zero-order valence-corrected chi connectivity index (χ0v) is 13.8. The Morgan fingerprint density at radius 2 is 1.86 bits per heavy atom. The van der Waals surface area contributed by atoms with Crippen LogP contribution in [0.25, 0.3) is 11.3 Å². The Bertz CT molecular complexity index is 821. The third-order valence-electron chi connectivity index (χ3n) is 3.57. The van der Waals surface area contributed by atoms with Crippen LogP contribution < -0.4 is 11.1 Å². The summed E-state index contributed by atoms with van der Waals surface area (Å²) in [5.74, 6) is 0. The Labute approximate surface area is 134 Å². The van der Waals surface area contributed by atoms with Crippen molar-refractivity contribution in [1.82, 2.24) is 4.98 Å². The van der Waals surface area contributed by atoms with Crippen molar-refractivity contribution in [3.63, 3.8) is 0 Å². The average Bonchev–Trinajstić information content (AvgIpc) is 2.79. The van der Waals surface area contributed by atoms with Gasteiger partial charge in [-0.3, -0.25) is 0 Å². The van der Waals surface area contributed by atoms with E-state index in [1.807, 2.05) is 24.3 Å². The van der Waals surface area contributed by atoms with E-state index in [0.717, 1.165) is 22.2 Å². The summed E-state index contributed by atoms with van der Waals surface area (Å²) in [6, 6.07) is 14.2. The monoisotopic (exact) mass is 309 g/mol. The van der Waals surface area contributed by atoms with Gasteiger partial charge in [0.2, 0.25) is 0 Å². The maximum absolute atomic E-state index is 5.82. The highest BCUT2D eigenvalue weighted by atomic mass is 32.1. The van der Waals surface area contributed by atoms with Gasteiger partial charge < -0.3 is 11.1 Å². The van der Waals surface area contributed by atoms with Crippen molar-refractivity contribution in [1.29, 1.82) is 0 Å². The molecule has 3 N–H and O–H groups in total. The molecule has 3 aromatic rings. The number of nitrogen functional groups attached to an aromatic ring is 1. The lowest BCUT2D eigenvalue weighted by molar-refractivity contribution is 1.31. The van der Waals surface area contributed by atoms with E-state index in [-0.39, 0.29) is 0 Å². The Hall–Kier alpha value is -2.33. The van der Waals surface area contributed by atoms with Crippen molar-refractivity contribution in [2.75, 3.05) is 11.1 Å². The Morgan fingerprint density at radius 1 is 1.05 bits per heavy atom. The van der Waals surface area contributed by atoms with Crippen LogP contribution in [0.1, 0.15) is 16.0 Å². The molecule has 1 aromatic heterocycles. The first kappa shape index (κ1) is 14.6. The molecule has 1 heterocycles. The van der Waals surface area contributed by atoms with Gasteiger partial charge in [0.25, 0.3) is 0 Å². The molecule has 0 aliphatic carbocycles. The van der Waals surface area contributed by atoms with E-state index in [2.05, 4.69) is 44.3 Å². The molecule has 0 aliphatic heterocycles. The molecule has 0 radical (unpaired) electrons. The number of nitrogens with zero attached hydrogens (tertiary/aromatic N) is 1. The van der Waals surface area contributed by atoms with Gasteiger partial charge in [0.1, 0.15) is 0 Å². The van der Waals surface area contributed by atoms with Gasteiger partial charge in [-0.05, 0) is 44.5 Å². The summed E-state index contributed by atoms with van der Waals surface area (Å²) in [6.07, 6.45) is 0. The van der Waals surface area contributed by atoms with Crippen molar-refractivity contribution < 1.29 is 0 Å². The zero-order chi connectivity index (χ0) is 15.7. The Morgan fingerprint density at radius 3 is 2.59 bits per heavy atom. The highest BCUT2D eigenvalue weighted by molar-refractivity contribution is 7.16. The predicted octanol–water partition coefficient (Wildman–Crippen LogP) is 5.06. The SMILES string of the molecule is Cc1ccc(-c2nc(Nc3cccc(N)c3)sc2C)c(C)c1. The maximum Gasteiger partial charge on any atom is 0.187 e. The molecule has 0 saturated heterocycles. The first-order valence-corrected chi connectivity index (χ1v) is 8.02. The zero-order valence-electron chi connectivity index (χ0n) is 13.0. The lowest BCUT2D eigenvalue weighted by atomic mass is 10.0. The molecule has 0 unspecified atom stereocenters. The van der Waals surface area contributed by atoms with Crippen LogP contribution in [-0.2, 0) is 0 Å². The molecule has 0 aliphatic rings. The lowest BCUT2D eigenvalue weighted by Crippen LogP contribution is -1.92. The van der Waals surface area contributed by atoms with Gasteiger partial charge >= 0.3 is 0 Å². The topological polar surface area (TPSA) is 50.9 Å². The molecule has 3 nitrogen and oxygen atoms in total. The minimum absolute atomic E-state index is 0.743. The van der Waals surface area contributed by atoms with Crippen LogP contribution in [0.4, 0.5) is 16.5 Å². The molecule has 112 valence electrons. The smallest absolute Gasteiger partial charge is 0.187 e. The van der Waals surface area contributed by atoms with Crippen LogP contribution in [0, 0.1) is 20.8 Å². The molecule has 0 spiro atoms. The van der Waals surface area contributed by atoms with Crippen molar-refractivity contribution in [2.24, 2.45) is 0 Å². The van der Waals surface area contributed by atoms with Gasteiger partial charge in [-0.1, -0.05) is 29.8 Å². The molecule has 0 saturated carbocycles. The summed E-state index contributed by atoms with van der Waals surface area (Å²) in [5.41, 5.74) is 12.3. The number of benzene rings is 2. The van der Waals surface area contributed by atoms with Crippen LogP contribution in [0.3, 0.4) is 0 Å². The van der Waals surface area contributed by atoms with E-state index in [1.54, 1.807) is 11.3 Å². The number of hydrogen-bond donors (Lipinski definition) is 2. The number of nitrogens with two attached hydrogens (primary N) is 1. The second kappa shape index (κ2) is 5.81. The van der Waals surface area contributed by atoms with E-state index in [9.17, 15) is 0 Å². The summed E-state index contributed by atoms with van der Waals surface area (Å²) < 4.78 is 0. The molecule has 4 heteroatoms. The minimum Gasteiger partial charge on any atom is -0.399 e. The van der Waals surface area contributed by atoms with E-state index in [0.29, 0.717) is 0 Å². The van der Waals surface area contributed by atoms with Gasteiger partial charge in [-0.2, -0.15) is 0 Å². The summed E-state index contributed by atoms with van der Waals surface area (Å²) in [7, 11) is 0. The average molecular weight is 309 g/mol. The number of rotatable bonds is 3. The molecule has 2 aromatic carbocycles. The van der Waals surface area contributed by atoms with Gasteiger partial charge in [0, 0.05) is 21.8 Å². The molecule has 3 rings (SSSR count).